The molecule has 0 aliphatic carbocycles. The summed E-state index contributed by atoms with van der Waals surface area (Å²) in [7, 11) is 0. The van der Waals surface area contributed by atoms with Gasteiger partial charge in [-0.3, -0.25) is 0 Å². The number of rotatable bonds is 5. The molecule has 2 aromatic rings. The van der Waals surface area contributed by atoms with E-state index in [-0.39, 0.29) is 6.04 Å². The van der Waals surface area contributed by atoms with Gasteiger partial charge in [0.25, 0.3) is 0 Å². The van der Waals surface area contributed by atoms with Crippen LogP contribution in [0, 0.1) is 6.92 Å². The molecule has 5 heteroatoms. The highest BCUT2D eigenvalue weighted by atomic mass is 32.1. The Morgan fingerprint density at radius 1 is 1.47 bits per heavy atom. The van der Waals surface area contributed by atoms with Gasteiger partial charge >= 0.3 is 0 Å². The van der Waals surface area contributed by atoms with Gasteiger partial charge in [0.05, 0.1) is 0 Å². The smallest absolute Gasteiger partial charge is 0.228 e. The van der Waals surface area contributed by atoms with Crippen LogP contribution >= 0.6 is 11.3 Å². The fraction of sp³-hybridized carbons (Fsp3) is 0.500. The van der Waals surface area contributed by atoms with E-state index in [1.807, 2.05) is 12.3 Å². The van der Waals surface area contributed by atoms with Crippen LogP contribution in [0.15, 0.2) is 15.3 Å². The molecule has 0 spiro atoms. The van der Waals surface area contributed by atoms with E-state index in [0.717, 1.165) is 18.4 Å². The lowest BCUT2D eigenvalue weighted by atomic mass is 10.1. The van der Waals surface area contributed by atoms with Gasteiger partial charge in [-0.15, -0.1) is 0 Å². The standard InChI is InChI=1S/C12H17N3OS/c1-3-4-9(13)5-11-14-12(15-16-11)10-7-17-6-8(10)2/h6-7,9H,3-5,13H2,1-2H3. The van der Waals surface area contributed by atoms with Crippen LogP contribution in [0.1, 0.15) is 31.2 Å². The van der Waals surface area contributed by atoms with E-state index in [4.69, 9.17) is 10.3 Å². The lowest BCUT2D eigenvalue weighted by Crippen LogP contribution is -2.22. The topological polar surface area (TPSA) is 64.9 Å². The van der Waals surface area contributed by atoms with Crippen molar-refractivity contribution in [3.8, 4) is 11.4 Å². The summed E-state index contributed by atoms with van der Waals surface area (Å²) >= 11 is 1.65. The molecule has 2 rings (SSSR count). The predicted molar refractivity (Wildman–Crippen MR) is 68.9 cm³/mol. The molecule has 17 heavy (non-hydrogen) atoms. The molecule has 2 aromatic heterocycles. The van der Waals surface area contributed by atoms with Crippen LogP contribution in [-0.4, -0.2) is 16.2 Å². The Hall–Kier alpha value is -1.20. The second-order valence-electron chi connectivity index (χ2n) is 4.23. The van der Waals surface area contributed by atoms with Crippen LogP contribution in [0.3, 0.4) is 0 Å². The summed E-state index contributed by atoms with van der Waals surface area (Å²) < 4.78 is 5.22. The molecule has 0 bridgehead atoms. The fourth-order valence-electron chi connectivity index (χ4n) is 1.73. The van der Waals surface area contributed by atoms with Crippen molar-refractivity contribution in [2.45, 2.75) is 39.2 Å². The van der Waals surface area contributed by atoms with Crippen molar-refractivity contribution in [3.63, 3.8) is 0 Å². The summed E-state index contributed by atoms with van der Waals surface area (Å²) in [5.74, 6) is 1.30. The summed E-state index contributed by atoms with van der Waals surface area (Å²) in [6.45, 7) is 4.17. The van der Waals surface area contributed by atoms with Gasteiger partial charge in [-0.25, -0.2) is 0 Å². The van der Waals surface area contributed by atoms with Crippen molar-refractivity contribution in [2.75, 3.05) is 0 Å². The first-order valence-corrected chi connectivity index (χ1v) is 6.76. The van der Waals surface area contributed by atoms with Gasteiger partial charge in [0.1, 0.15) is 0 Å². The molecule has 92 valence electrons. The molecule has 2 heterocycles. The van der Waals surface area contributed by atoms with E-state index >= 15 is 0 Å². The molecule has 0 fully saturated rings. The second-order valence-corrected chi connectivity index (χ2v) is 4.98. The first kappa shape index (κ1) is 12.3. The average molecular weight is 251 g/mol. The monoisotopic (exact) mass is 251 g/mol. The Bertz CT molecular complexity index is 478. The SMILES string of the molecule is CCCC(N)Cc1nc(-c2cscc2C)no1. The van der Waals surface area contributed by atoms with Crippen molar-refractivity contribution in [1.82, 2.24) is 10.1 Å². The van der Waals surface area contributed by atoms with Gasteiger partial charge in [-0.05, 0) is 24.3 Å². The molecule has 0 amide bonds. The zero-order valence-electron chi connectivity index (χ0n) is 10.1. The summed E-state index contributed by atoms with van der Waals surface area (Å²) in [5.41, 5.74) is 8.18. The number of aromatic nitrogens is 2. The fourth-order valence-corrected chi connectivity index (χ4v) is 2.56. The Morgan fingerprint density at radius 3 is 2.94 bits per heavy atom. The van der Waals surface area contributed by atoms with Crippen LogP contribution in [0.5, 0.6) is 0 Å². The lowest BCUT2D eigenvalue weighted by molar-refractivity contribution is 0.366. The molecule has 0 aliphatic heterocycles. The highest BCUT2D eigenvalue weighted by molar-refractivity contribution is 7.08. The van der Waals surface area contributed by atoms with E-state index in [0.29, 0.717) is 18.1 Å². The predicted octanol–water partition coefficient (Wildman–Crippen LogP) is 2.78. The number of thiophene rings is 1. The number of hydrogen-bond donors (Lipinski definition) is 1. The van der Waals surface area contributed by atoms with Gasteiger partial charge in [0.2, 0.25) is 11.7 Å². The quantitative estimate of drug-likeness (QED) is 0.887. The number of nitrogens with zero attached hydrogens (tertiary/aromatic N) is 2. The number of aryl methyl sites for hydroxylation is 1. The Morgan fingerprint density at radius 2 is 2.29 bits per heavy atom. The summed E-state index contributed by atoms with van der Waals surface area (Å²) in [6, 6.07) is 0.108. The Kier molecular flexibility index (Phi) is 3.91. The molecule has 0 saturated carbocycles. The zero-order valence-corrected chi connectivity index (χ0v) is 11.0. The van der Waals surface area contributed by atoms with Crippen LogP contribution in [-0.2, 0) is 6.42 Å². The second kappa shape index (κ2) is 5.42. The Labute approximate surface area is 105 Å². The molecule has 4 nitrogen and oxygen atoms in total. The van der Waals surface area contributed by atoms with Gasteiger partial charge in [-0.2, -0.15) is 16.3 Å². The minimum absolute atomic E-state index is 0.108. The average Bonchev–Trinajstić information content (AvgIpc) is 2.87. The number of hydrogen-bond acceptors (Lipinski definition) is 5. The van der Waals surface area contributed by atoms with E-state index in [1.165, 1.54) is 5.56 Å². The van der Waals surface area contributed by atoms with Gasteiger partial charge in [-0.1, -0.05) is 18.5 Å². The maximum atomic E-state index is 5.95. The minimum Gasteiger partial charge on any atom is -0.339 e. The highest BCUT2D eigenvalue weighted by Crippen LogP contribution is 2.24. The Balaban J connectivity index is 2.09. The third kappa shape index (κ3) is 2.92. The molecule has 0 aliphatic rings. The third-order valence-corrected chi connectivity index (χ3v) is 3.52. The molecule has 2 N–H and O–H groups in total. The van der Waals surface area contributed by atoms with Gasteiger partial charge < -0.3 is 10.3 Å². The normalized spacial score (nSPS) is 12.9. The number of nitrogens with two attached hydrogens (primary N) is 1. The van der Waals surface area contributed by atoms with E-state index in [9.17, 15) is 0 Å². The summed E-state index contributed by atoms with van der Waals surface area (Å²) in [4.78, 5) is 4.38. The molecule has 1 atom stereocenters. The van der Waals surface area contributed by atoms with Crippen molar-refractivity contribution in [2.24, 2.45) is 5.73 Å². The molecule has 1 unspecified atom stereocenters. The third-order valence-electron chi connectivity index (χ3n) is 2.66. The van der Waals surface area contributed by atoms with Crippen LogP contribution < -0.4 is 5.73 Å². The first-order valence-electron chi connectivity index (χ1n) is 5.82. The first-order chi connectivity index (χ1) is 8.20. The van der Waals surface area contributed by atoms with E-state index in [1.54, 1.807) is 11.3 Å². The van der Waals surface area contributed by atoms with Crippen molar-refractivity contribution < 1.29 is 4.52 Å². The van der Waals surface area contributed by atoms with Gasteiger partial charge in [0, 0.05) is 23.4 Å². The van der Waals surface area contributed by atoms with Crippen LogP contribution in [0.25, 0.3) is 11.4 Å². The molecular weight excluding hydrogens is 234 g/mol. The van der Waals surface area contributed by atoms with Crippen LogP contribution in [0.4, 0.5) is 0 Å². The van der Waals surface area contributed by atoms with Crippen molar-refractivity contribution in [3.05, 3.63) is 22.2 Å². The summed E-state index contributed by atoms with van der Waals surface area (Å²) in [5, 5.41) is 8.11. The van der Waals surface area contributed by atoms with Gasteiger partial charge in [0.15, 0.2) is 0 Å². The maximum Gasteiger partial charge on any atom is 0.228 e. The molecule has 0 saturated heterocycles. The van der Waals surface area contributed by atoms with Crippen LogP contribution in [0.2, 0.25) is 0 Å². The minimum atomic E-state index is 0.108. The van der Waals surface area contributed by atoms with Crippen molar-refractivity contribution in [1.29, 1.82) is 0 Å². The molecule has 0 aromatic carbocycles. The van der Waals surface area contributed by atoms with E-state index in [2.05, 4.69) is 22.4 Å². The highest BCUT2D eigenvalue weighted by Gasteiger charge is 2.13. The summed E-state index contributed by atoms with van der Waals surface area (Å²) in [6.07, 6.45) is 2.71. The van der Waals surface area contributed by atoms with E-state index < -0.39 is 0 Å². The molecule has 0 radical (unpaired) electrons. The van der Waals surface area contributed by atoms with Crippen molar-refractivity contribution >= 4 is 11.3 Å². The lowest BCUT2D eigenvalue weighted by Gasteiger charge is -2.05. The maximum absolute atomic E-state index is 5.95. The largest absolute Gasteiger partial charge is 0.339 e. The zero-order chi connectivity index (χ0) is 12.3. The molecular formula is C12H17N3OS.